The average Bonchev–Trinajstić information content (AvgIpc) is 2.58. The monoisotopic (exact) mass is 166 g/mol. The molecule has 0 aromatic carbocycles. The van der Waals surface area contributed by atoms with Crippen LogP contribution in [0.25, 0.3) is 0 Å². The molecule has 0 spiro atoms. The average molecular weight is 166 g/mol. The maximum absolute atomic E-state index is 5.49. The number of fused-ring (bicyclic) bond motifs is 1. The predicted octanol–water partition coefficient (Wildman–Crippen LogP) is -0.166. The fraction of sp³-hybridized carbons (Fsp3) is 0.625. The smallest absolute Gasteiger partial charge is 0.131 e. The molecule has 0 fully saturated rings. The van der Waals surface area contributed by atoms with Crippen LogP contribution in [0, 0.1) is 0 Å². The Kier molecular flexibility index (Phi) is 1.77. The summed E-state index contributed by atoms with van der Waals surface area (Å²) in [7, 11) is 2.10. The first-order valence-electron chi connectivity index (χ1n) is 4.28. The number of rotatable bonds is 2. The highest BCUT2D eigenvalue weighted by atomic mass is 15.3. The molecule has 2 N–H and O–H groups in total. The van der Waals surface area contributed by atoms with E-state index in [1.807, 2.05) is 6.33 Å². The zero-order chi connectivity index (χ0) is 8.55. The molecule has 0 unspecified atom stereocenters. The van der Waals surface area contributed by atoms with E-state index in [1.54, 1.807) is 0 Å². The van der Waals surface area contributed by atoms with Gasteiger partial charge in [-0.2, -0.15) is 0 Å². The second kappa shape index (κ2) is 2.79. The first-order valence-corrected chi connectivity index (χ1v) is 4.28. The van der Waals surface area contributed by atoms with Crippen LogP contribution in [0.3, 0.4) is 0 Å². The van der Waals surface area contributed by atoms with Crippen molar-refractivity contribution >= 4 is 5.82 Å². The van der Waals surface area contributed by atoms with Gasteiger partial charge in [-0.25, -0.2) is 4.98 Å². The Bertz CT molecular complexity index is 279. The first kappa shape index (κ1) is 7.61. The summed E-state index contributed by atoms with van der Waals surface area (Å²) in [4.78, 5) is 6.57. The molecule has 0 aliphatic carbocycles. The van der Waals surface area contributed by atoms with Crippen LogP contribution >= 0.6 is 0 Å². The number of likely N-dealkylation sites (N-methyl/N-ethyl adjacent to an activating group) is 1. The van der Waals surface area contributed by atoms with Crippen molar-refractivity contribution in [1.82, 2.24) is 9.55 Å². The number of nitrogens with two attached hydrogens (primary N) is 1. The van der Waals surface area contributed by atoms with E-state index >= 15 is 0 Å². The van der Waals surface area contributed by atoms with E-state index in [4.69, 9.17) is 5.73 Å². The molecular weight excluding hydrogens is 152 g/mol. The molecule has 0 atom stereocenters. The summed E-state index contributed by atoms with van der Waals surface area (Å²) in [6, 6.07) is 0. The molecule has 4 heteroatoms. The zero-order valence-electron chi connectivity index (χ0n) is 7.32. The van der Waals surface area contributed by atoms with Gasteiger partial charge in [0.2, 0.25) is 0 Å². The lowest BCUT2D eigenvalue weighted by molar-refractivity contribution is 0.697. The van der Waals surface area contributed by atoms with Gasteiger partial charge in [-0.15, -0.1) is 0 Å². The zero-order valence-corrected chi connectivity index (χ0v) is 7.32. The second-order valence-electron chi connectivity index (χ2n) is 3.17. The topological polar surface area (TPSA) is 47.1 Å². The molecule has 2 rings (SSSR count). The van der Waals surface area contributed by atoms with Crippen LogP contribution in [0.1, 0.15) is 5.69 Å². The molecular formula is C8H14N4. The summed E-state index contributed by atoms with van der Waals surface area (Å²) in [6.07, 6.45) is 2.95. The SMILES string of the molecule is CN1CCc2ncn(CCN)c21. The van der Waals surface area contributed by atoms with E-state index in [0.29, 0.717) is 6.54 Å². The lowest BCUT2D eigenvalue weighted by Crippen LogP contribution is -2.19. The van der Waals surface area contributed by atoms with Crippen LogP contribution in [-0.4, -0.2) is 29.7 Å². The van der Waals surface area contributed by atoms with Gasteiger partial charge in [0.15, 0.2) is 0 Å². The lowest BCUT2D eigenvalue weighted by Gasteiger charge is -2.14. The molecule has 66 valence electrons. The summed E-state index contributed by atoms with van der Waals surface area (Å²) in [5.41, 5.74) is 6.71. The molecule has 1 aliphatic rings. The van der Waals surface area contributed by atoms with Gasteiger partial charge in [-0.1, -0.05) is 0 Å². The Hall–Kier alpha value is -1.03. The Morgan fingerprint density at radius 2 is 2.50 bits per heavy atom. The van der Waals surface area contributed by atoms with E-state index in [-0.39, 0.29) is 0 Å². The van der Waals surface area contributed by atoms with Crippen LogP contribution < -0.4 is 10.6 Å². The van der Waals surface area contributed by atoms with Gasteiger partial charge in [-0.05, 0) is 0 Å². The molecule has 0 bridgehead atoms. The quantitative estimate of drug-likeness (QED) is 0.663. The predicted molar refractivity (Wildman–Crippen MR) is 48.3 cm³/mol. The van der Waals surface area contributed by atoms with Crippen molar-refractivity contribution in [2.24, 2.45) is 5.73 Å². The van der Waals surface area contributed by atoms with Gasteiger partial charge in [0.05, 0.1) is 12.0 Å². The first-order chi connectivity index (χ1) is 5.83. The fourth-order valence-electron chi connectivity index (χ4n) is 1.72. The van der Waals surface area contributed by atoms with Gasteiger partial charge in [0, 0.05) is 33.1 Å². The van der Waals surface area contributed by atoms with Crippen molar-refractivity contribution in [2.45, 2.75) is 13.0 Å². The summed E-state index contributed by atoms with van der Waals surface area (Å²) in [5.74, 6) is 1.25. The van der Waals surface area contributed by atoms with Crippen LogP contribution in [0.5, 0.6) is 0 Å². The minimum absolute atomic E-state index is 0.677. The lowest BCUT2D eigenvalue weighted by atomic mass is 10.4. The molecule has 12 heavy (non-hydrogen) atoms. The minimum atomic E-state index is 0.677. The van der Waals surface area contributed by atoms with Crippen LogP contribution in [0.2, 0.25) is 0 Å². The molecule has 0 saturated carbocycles. The van der Waals surface area contributed by atoms with Crippen LogP contribution in [0.15, 0.2) is 6.33 Å². The van der Waals surface area contributed by atoms with Gasteiger partial charge >= 0.3 is 0 Å². The molecule has 4 nitrogen and oxygen atoms in total. The van der Waals surface area contributed by atoms with Crippen molar-refractivity contribution in [3.63, 3.8) is 0 Å². The molecule has 1 aliphatic heterocycles. The van der Waals surface area contributed by atoms with Crippen molar-refractivity contribution in [3.05, 3.63) is 12.0 Å². The van der Waals surface area contributed by atoms with Gasteiger partial charge in [-0.3, -0.25) is 0 Å². The van der Waals surface area contributed by atoms with E-state index in [0.717, 1.165) is 19.5 Å². The summed E-state index contributed by atoms with van der Waals surface area (Å²) < 4.78 is 2.13. The maximum Gasteiger partial charge on any atom is 0.131 e. The molecule has 1 aromatic heterocycles. The van der Waals surface area contributed by atoms with E-state index in [1.165, 1.54) is 11.5 Å². The molecule has 1 aromatic rings. The molecule has 0 amide bonds. The third kappa shape index (κ3) is 0.992. The van der Waals surface area contributed by atoms with E-state index < -0.39 is 0 Å². The van der Waals surface area contributed by atoms with Crippen molar-refractivity contribution in [1.29, 1.82) is 0 Å². The Balaban J connectivity index is 2.32. The number of hydrogen-bond acceptors (Lipinski definition) is 3. The number of hydrogen-bond donors (Lipinski definition) is 1. The standard InChI is InChI=1S/C8H14N4/c1-11-4-2-7-8(11)12(5-3-9)6-10-7/h6H,2-5,9H2,1H3. The summed E-state index contributed by atoms with van der Waals surface area (Å²) in [5, 5.41) is 0. The molecule has 2 heterocycles. The summed E-state index contributed by atoms with van der Waals surface area (Å²) >= 11 is 0. The third-order valence-corrected chi connectivity index (χ3v) is 2.30. The maximum atomic E-state index is 5.49. The fourth-order valence-corrected chi connectivity index (χ4v) is 1.72. The number of nitrogens with zero attached hydrogens (tertiary/aromatic N) is 3. The van der Waals surface area contributed by atoms with Crippen LogP contribution in [0.4, 0.5) is 5.82 Å². The third-order valence-electron chi connectivity index (χ3n) is 2.30. The number of aromatic nitrogens is 2. The van der Waals surface area contributed by atoms with E-state index in [2.05, 4.69) is 21.5 Å². The Morgan fingerprint density at radius 3 is 3.25 bits per heavy atom. The van der Waals surface area contributed by atoms with Gasteiger partial charge in [0.1, 0.15) is 5.82 Å². The van der Waals surface area contributed by atoms with Crippen LogP contribution in [-0.2, 0) is 13.0 Å². The van der Waals surface area contributed by atoms with Crippen molar-refractivity contribution in [2.75, 3.05) is 25.0 Å². The van der Waals surface area contributed by atoms with Crippen molar-refractivity contribution < 1.29 is 0 Å². The molecule has 0 saturated heterocycles. The highest BCUT2D eigenvalue weighted by molar-refractivity contribution is 5.49. The second-order valence-corrected chi connectivity index (χ2v) is 3.17. The number of anilines is 1. The Labute approximate surface area is 72.0 Å². The Morgan fingerprint density at radius 1 is 1.67 bits per heavy atom. The van der Waals surface area contributed by atoms with E-state index in [9.17, 15) is 0 Å². The normalized spacial score (nSPS) is 15.3. The van der Waals surface area contributed by atoms with Gasteiger partial charge < -0.3 is 15.2 Å². The summed E-state index contributed by atoms with van der Waals surface area (Å²) in [6.45, 7) is 2.63. The highest BCUT2D eigenvalue weighted by Crippen LogP contribution is 2.24. The van der Waals surface area contributed by atoms with Crippen molar-refractivity contribution in [3.8, 4) is 0 Å². The highest BCUT2D eigenvalue weighted by Gasteiger charge is 2.20. The largest absolute Gasteiger partial charge is 0.359 e. The molecule has 0 radical (unpaired) electrons. The number of imidazole rings is 1. The minimum Gasteiger partial charge on any atom is -0.359 e. The van der Waals surface area contributed by atoms with Gasteiger partial charge in [0.25, 0.3) is 0 Å².